The normalized spacial score (nSPS) is 24.9. The molecule has 0 unspecified atom stereocenters. The van der Waals surface area contributed by atoms with Crippen molar-refractivity contribution in [2.24, 2.45) is 5.41 Å². The molecule has 0 bridgehead atoms. The second kappa shape index (κ2) is 6.40. The number of carbonyl (C=O) groups is 1. The van der Waals surface area contributed by atoms with E-state index in [9.17, 15) is 22.7 Å². The van der Waals surface area contributed by atoms with Crippen LogP contribution in [-0.4, -0.2) is 30.6 Å². The van der Waals surface area contributed by atoms with E-state index >= 15 is 0 Å². The van der Waals surface area contributed by atoms with Gasteiger partial charge < -0.3 is 9.84 Å². The maximum atomic E-state index is 14.2. The molecule has 3 aromatic rings. The van der Waals surface area contributed by atoms with Gasteiger partial charge in [-0.05, 0) is 56.5 Å². The molecule has 2 atom stereocenters. The SMILES string of the molecule is COC(=O)[C@]12CCC[C@@]1(O)c1c(n(S(=O)(=O)c3ccc(C)cc3)c3ccc(F)cc13)C2. The van der Waals surface area contributed by atoms with Gasteiger partial charge in [0.1, 0.15) is 16.8 Å². The average molecular weight is 443 g/mol. The predicted octanol–water partition coefficient (Wildman–Crippen LogP) is 3.41. The smallest absolute Gasteiger partial charge is 0.315 e. The number of aromatic nitrogens is 1. The van der Waals surface area contributed by atoms with E-state index in [4.69, 9.17) is 4.74 Å². The molecule has 1 aromatic heterocycles. The van der Waals surface area contributed by atoms with Crippen LogP contribution < -0.4 is 0 Å². The molecule has 2 aliphatic carbocycles. The molecular weight excluding hydrogens is 421 g/mol. The number of fused-ring (bicyclic) bond motifs is 5. The molecule has 1 heterocycles. The minimum Gasteiger partial charge on any atom is -0.468 e. The van der Waals surface area contributed by atoms with Crippen molar-refractivity contribution in [2.75, 3.05) is 7.11 Å². The number of ether oxygens (including phenoxy) is 1. The fourth-order valence-corrected chi connectivity index (χ4v) is 7.07. The molecule has 2 aliphatic rings. The summed E-state index contributed by atoms with van der Waals surface area (Å²) in [6.45, 7) is 1.86. The van der Waals surface area contributed by atoms with Crippen LogP contribution in [0, 0.1) is 18.2 Å². The van der Waals surface area contributed by atoms with Gasteiger partial charge in [0.2, 0.25) is 0 Å². The summed E-state index contributed by atoms with van der Waals surface area (Å²) in [6, 6.07) is 10.3. The van der Waals surface area contributed by atoms with Gasteiger partial charge in [-0.2, -0.15) is 0 Å². The molecule has 31 heavy (non-hydrogen) atoms. The Hall–Kier alpha value is -2.71. The Labute approximate surface area is 179 Å². The number of carbonyl (C=O) groups excluding carboxylic acids is 1. The Bertz CT molecular complexity index is 1340. The number of hydrogen-bond acceptors (Lipinski definition) is 5. The van der Waals surface area contributed by atoms with Crippen LogP contribution in [0.4, 0.5) is 4.39 Å². The van der Waals surface area contributed by atoms with Crippen molar-refractivity contribution in [3.8, 4) is 0 Å². The van der Waals surface area contributed by atoms with Crippen molar-refractivity contribution in [1.29, 1.82) is 0 Å². The highest BCUT2D eigenvalue weighted by molar-refractivity contribution is 7.90. The summed E-state index contributed by atoms with van der Waals surface area (Å²) in [5, 5.41) is 12.1. The van der Waals surface area contributed by atoms with Crippen molar-refractivity contribution in [1.82, 2.24) is 3.97 Å². The Balaban J connectivity index is 1.86. The van der Waals surface area contributed by atoms with Crippen molar-refractivity contribution in [3.63, 3.8) is 0 Å². The van der Waals surface area contributed by atoms with E-state index in [0.717, 1.165) is 5.56 Å². The summed E-state index contributed by atoms with van der Waals surface area (Å²) in [5.74, 6) is -1.12. The maximum absolute atomic E-state index is 14.2. The summed E-state index contributed by atoms with van der Waals surface area (Å²) < 4.78 is 47.8. The number of nitrogens with zero attached hydrogens (tertiary/aromatic N) is 1. The van der Waals surface area contributed by atoms with Gasteiger partial charge in [0.05, 0.1) is 17.5 Å². The van der Waals surface area contributed by atoms with Crippen LogP contribution in [0.15, 0.2) is 47.4 Å². The van der Waals surface area contributed by atoms with Crippen LogP contribution in [0.5, 0.6) is 0 Å². The number of methoxy groups -OCH3 is 1. The second-order valence-corrected chi connectivity index (χ2v) is 10.3. The summed E-state index contributed by atoms with van der Waals surface area (Å²) in [6.07, 6.45) is 1.23. The summed E-state index contributed by atoms with van der Waals surface area (Å²) >= 11 is 0. The molecular formula is C23H22FNO5S. The van der Waals surface area contributed by atoms with Gasteiger partial charge in [-0.3, -0.25) is 4.79 Å². The molecule has 0 saturated heterocycles. The minimum atomic E-state index is -4.06. The number of benzene rings is 2. The highest BCUT2D eigenvalue weighted by Gasteiger charge is 2.67. The van der Waals surface area contributed by atoms with E-state index in [0.29, 0.717) is 29.5 Å². The topological polar surface area (TPSA) is 85.6 Å². The lowest BCUT2D eigenvalue weighted by molar-refractivity contribution is -0.167. The molecule has 1 fully saturated rings. The third-order valence-electron chi connectivity index (χ3n) is 6.93. The summed E-state index contributed by atoms with van der Waals surface area (Å²) in [4.78, 5) is 12.9. The molecule has 6 nitrogen and oxygen atoms in total. The highest BCUT2D eigenvalue weighted by Crippen LogP contribution is 2.62. The molecule has 8 heteroatoms. The highest BCUT2D eigenvalue weighted by atomic mass is 32.2. The quantitative estimate of drug-likeness (QED) is 0.627. The van der Waals surface area contributed by atoms with Crippen molar-refractivity contribution in [3.05, 3.63) is 65.1 Å². The monoisotopic (exact) mass is 443 g/mol. The van der Waals surface area contributed by atoms with E-state index in [1.807, 2.05) is 6.92 Å². The molecule has 2 aromatic carbocycles. The van der Waals surface area contributed by atoms with Crippen molar-refractivity contribution < 1.29 is 27.4 Å². The Morgan fingerprint density at radius 1 is 1.16 bits per heavy atom. The average Bonchev–Trinajstić information content (AvgIpc) is 3.30. The zero-order chi connectivity index (χ0) is 22.2. The number of hydrogen-bond donors (Lipinski definition) is 1. The molecule has 162 valence electrons. The molecule has 0 radical (unpaired) electrons. The first-order valence-electron chi connectivity index (χ1n) is 10.1. The van der Waals surface area contributed by atoms with Crippen molar-refractivity contribution in [2.45, 2.75) is 43.1 Å². The standard InChI is InChI=1S/C23H22FNO5S/c1-14-4-7-16(8-5-14)31(28,29)25-18-9-6-15(24)12-17(18)20-19(25)13-22(21(26)30-2)10-3-11-23(20,22)27/h4-9,12,27H,3,10-11,13H2,1-2H3/t22-,23-/m1/s1. The van der Waals surface area contributed by atoms with Crippen LogP contribution in [0.25, 0.3) is 10.9 Å². The molecule has 5 rings (SSSR count). The molecule has 1 N–H and O–H groups in total. The van der Waals surface area contributed by atoms with Gasteiger partial charge in [0.25, 0.3) is 10.0 Å². The minimum absolute atomic E-state index is 0.00684. The fourth-order valence-electron chi connectivity index (χ4n) is 5.52. The molecule has 1 saturated carbocycles. The van der Waals surface area contributed by atoms with Gasteiger partial charge in [0.15, 0.2) is 0 Å². The van der Waals surface area contributed by atoms with Gasteiger partial charge in [0, 0.05) is 23.1 Å². The van der Waals surface area contributed by atoms with E-state index in [1.165, 1.54) is 41.4 Å². The first kappa shape index (κ1) is 20.2. The molecule has 0 aliphatic heterocycles. The van der Waals surface area contributed by atoms with Crippen LogP contribution >= 0.6 is 0 Å². The maximum Gasteiger partial charge on any atom is 0.315 e. The Kier molecular flexibility index (Phi) is 4.17. The largest absolute Gasteiger partial charge is 0.468 e. The number of aliphatic hydroxyl groups is 1. The number of rotatable bonds is 3. The van der Waals surface area contributed by atoms with E-state index in [-0.39, 0.29) is 23.3 Å². The number of halogens is 1. The lowest BCUT2D eigenvalue weighted by Crippen LogP contribution is -2.45. The van der Waals surface area contributed by atoms with E-state index in [2.05, 4.69) is 0 Å². The number of esters is 1. The first-order chi connectivity index (χ1) is 14.7. The Morgan fingerprint density at radius 3 is 2.55 bits per heavy atom. The van der Waals surface area contributed by atoms with Crippen LogP contribution in [0.1, 0.15) is 36.1 Å². The number of aryl methyl sites for hydroxylation is 1. The van der Waals surface area contributed by atoms with Crippen LogP contribution in [0.2, 0.25) is 0 Å². The molecule has 0 spiro atoms. The first-order valence-corrected chi connectivity index (χ1v) is 11.6. The fraction of sp³-hybridized carbons (Fsp3) is 0.348. The Morgan fingerprint density at radius 2 is 1.87 bits per heavy atom. The van der Waals surface area contributed by atoms with Gasteiger partial charge in [-0.25, -0.2) is 16.8 Å². The predicted molar refractivity (Wildman–Crippen MR) is 112 cm³/mol. The molecule has 0 amide bonds. The third kappa shape index (κ3) is 2.46. The van der Waals surface area contributed by atoms with E-state index in [1.54, 1.807) is 12.1 Å². The van der Waals surface area contributed by atoms with Crippen LogP contribution in [0.3, 0.4) is 0 Å². The zero-order valence-corrected chi connectivity index (χ0v) is 18.0. The van der Waals surface area contributed by atoms with Crippen molar-refractivity contribution >= 4 is 26.9 Å². The third-order valence-corrected chi connectivity index (χ3v) is 8.70. The summed E-state index contributed by atoms with van der Waals surface area (Å²) in [7, 11) is -2.81. The van der Waals surface area contributed by atoms with Gasteiger partial charge in [-0.15, -0.1) is 0 Å². The lowest BCUT2D eigenvalue weighted by atomic mass is 9.74. The lowest BCUT2D eigenvalue weighted by Gasteiger charge is -2.34. The van der Waals surface area contributed by atoms with Gasteiger partial charge in [-0.1, -0.05) is 17.7 Å². The van der Waals surface area contributed by atoms with Gasteiger partial charge >= 0.3 is 5.97 Å². The zero-order valence-electron chi connectivity index (χ0n) is 17.2. The van der Waals surface area contributed by atoms with Crippen LogP contribution in [-0.2, 0) is 31.6 Å². The van der Waals surface area contributed by atoms with E-state index < -0.39 is 32.8 Å². The second-order valence-electron chi connectivity index (χ2n) is 8.53. The summed E-state index contributed by atoms with van der Waals surface area (Å²) in [5.41, 5.74) is -1.07.